The minimum atomic E-state index is 0.268. The summed E-state index contributed by atoms with van der Waals surface area (Å²) >= 11 is 0. The maximum atomic E-state index is 10.1. The molecule has 0 amide bonds. The van der Waals surface area contributed by atoms with Crippen LogP contribution in [0.2, 0.25) is 0 Å². The van der Waals surface area contributed by atoms with E-state index in [1.807, 2.05) is 49.4 Å². The van der Waals surface area contributed by atoms with Crippen LogP contribution in [0.1, 0.15) is 27.8 Å². The van der Waals surface area contributed by atoms with E-state index in [4.69, 9.17) is 0 Å². The van der Waals surface area contributed by atoms with Gasteiger partial charge in [-0.2, -0.15) is 0 Å². The van der Waals surface area contributed by atoms with Gasteiger partial charge >= 0.3 is 0 Å². The predicted molar refractivity (Wildman–Crippen MR) is 97.0 cm³/mol. The Morgan fingerprint density at radius 3 is 2.17 bits per heavy atom. The Bertz CT molecular complexity index is 936. The lowest BCUT2D eigenvalue weighted by Gasteiger charge is -2.10. The summed E-state index contributed by atoms with van der Waals surface area (Å²) in [6, 6.07) is 21.3. The van der Waals surface area contributed by atoms with Gasteiger partial charge in [0.15, 0.2) is 0 Å². The van der Waals surface area contributed by atoms with Crippen LogP contribution in [-0.4, -0.2) is 10.2 Å². The van der Waals surface area contributed by atoms with E-state index in [1.165, 1.54) is 11.1 Å². The number of aromatic hydroxyl groups is 2. The average molecular weight is 314 g/mol. The average Bonchev–Trinajstić information content (AvgIpc) is 2.96. The van der Waals surface area contributed by atoms with Crippen LogP contribution < -0.4 is 0 Å². The molecule has 0 aliphatic heterocycles. The van der Waals surface area contributed by atoms with Gasteiger partial charge in [-0.25, -0.2) is 0 Å². The third-order valence-electron chi connectivity index (χ3n) is 4.66. The number of hydrogen-bond acceptors (Lipinski definition) is 2. The molecule has 2 nitrogen and oxygen atoms in total. The van der Waals surface area contributed by atoms with Gasteiger partial charge in [-0.05, 0) is 76.6 Å². The van der Waals surface area contributed by atoms with Crippen LogP contribution in [-0.2, 0) is 6.42 Å². The molecule has 4 rings (SSSR count). The van der Waals surface area contributed by atoms with Crippen molar-refractivity contribution in [1.29, 1.82) is 0 Å². The minimum Gasteiger partial charge on any atom is -0.508 e. The quantitative estimate of drug-likeness (QED) is 0.704. The molecule has 0 spiro atoms. The highest BCUT2D eigenvalue weighted by Gasteiger charge is 2.25. The Hall–Kier alpha value is -3.00. The van der Waals surface area contributed by atoms with E-state index in [1.54, 1.807) is 12.1 Å². The lowest BCUT2D eigenvalue weighted by molar-refractivity contribution is 0.474. The predicted octanol–water partition coefficient (Wildman–Crippen LogP) is 4.92. The number of phenols is 2. The Morgan fingerprint density at radius 1 is 0.750 bits per heavy atom. The third-order valence-corrected chi connectivity index (χ3v) is 4.66. The van der Waals surface area contributed by atoms with Crippen LogP contribution in [0, 0.1) is 6.92 Å². The fraction of sp³-hybridized carbons (Fsp3) is 0.0909. The third kappa shape index (κ3) is 2.37. The van der Waals surface area contributed by atoms with Gasteiger partial charge in [0.1, 0.15) is 11.5 Å². The molecular formula is C22H18O2. The molecule has 1 aliphatic rings. The zero-order valence-electron chi connectivity index (χ0n) is 13.5. The number of rotatable bonds is 2. The molecule has 0 heterocycles. The van der Waals surface area contributed by atoms with Gasteiger partial charge in [-0.3, -0.25) is 0 Å². The topological polar surface area (TPSA) is 40.5 Å². The van der Waals surface area contributed by atoms with Crippen molar-refractivity contribution in [3.63, 3.8) is 0 Å². The zero-order chi connectivity index (χ0) is 16.7. The van der Waals surface area contributed by atoms with Crippen LogP contribution in [0.5, 0.6) is 11.5 Å². The Labute approximate surface area is 141 Å². The number of allylic oxidation sites excluding steroid dienone is 1. The van der Waals surface area contributed by atoms with Gasteiger partial charge in [0, 0.05) is 0 Å². The molecule has 0 atom stereocenters. The smallest absolute Gasteiger partial charge is 0.116 e. The zero-order valence-corrected chi connectivity index (χ0v) is 13.5. The van der Waals surface area contributed by atoms with Crippen LogP contribution in [0.15, 0.2) is 66.7 Å². The first kappa shape index (κ1) is 14.6. The van der Waals surface area contributed by atoms with Gasteiger partial charge in [-0.15, -0.1) is 0 Å². The summed E-state index contributed by atoms with van der Waals surface area (Å²) in [6.07, 6.45) is 0.830. The van der Waals surface area contributed by atoms with E-state index in [0.29, 0.717) is 5.75 Å². The number of fused-ring (bicyclic) bond motifs is 1. The summed E-state index contributed by atoms with van der Waals surface area (Å²) < 4.78 is 0. The second-order valence-corrected chi connectivity index (χ2v) is 6.23. The maximum absolute atomic E-state index is 10.1. The van der Waals surface area contributed by atoms with Crippen molar-refractivity contribution in [1.82, 2.24) is 0 Å². The van der Waals surface area contributed by atoms with Gasteiger partial charge in [-0.1, -0.05) is 42.5 Å². The summed E-state index contributed by atoms with van der Waals surface area (Å²) in [5, 5.41) is 19.7. The molecule has 2 N–H and O–H groups in total. The molecule has 0 unspecified atom stereocenters. The lowest BCUT2D eigenvalue weighted by Crippen LogP contribution is -1.90. The monoisotopic (exact) mass is 314 g/mol. The number of benzene rings is 3. The molecule has 3 aromatic rings. The molecule has 0 fully saturated rings. The van der Waals surface area contributed by atoms with E-state index in [2.05, 4.69) is 12.1 Å². The fourth-order valence-electron chi connectivity index (χ4n) is 3.53. The molecule has 0 radical (unpaired) electrons. The fourth-order valence-corrected chi connectivity index (χ4v) is 3.53. The Kier molecular flexibility index (Phi) is 3.39. The SMILES string of the molecule is Cc1cc(O)cc2c1CC(c1ccc(O)cc1)=C2c1ccccc1. The second-order valence-electron chi connectivity index (χ2n) is 6.23. The summed E-state index contributed by atoms with van der Waals surface area (Å²) in [4.78, 5) is 0. The maximum Gasteiger partial charge on any atom is 0.116 e. The van der Waals surface area contributed by atoms with Crippen LogP contribution in [0.3, 0.4) is 0 Å². The van der Waals surface area contributed by atoms with Gasteiger partial charge in [0.25, 0.3) is 0 Å². The largest absolute Gasteiger partial charge is 0.508 e. The van der Waals surface area contributed by atoms with E-state index < -0.39 is 0 Å². The first-order valence-electron chi connectivity index (χ1n) is 8.04. The van der Waals surface area contributed by atoms with Gasteiger partial charge in [0.05, 0.1) is 0 Å². The van der Waals surface area contributed by atoms with E-state index in [-0.39, 0.29) is 5.75 Å². The molecule has 0 aromatic heterocycles. The first-order valence-corrected chi connectivity index (χ1v) is 8.04. The summed E-state index contributed by atoms with van der Waals surface area (Å²) in [5.41, 5.74) is 8.09. The van der Waals surface area contributed by atoms with Gasteiger partial charge in [0.2, 0.25) is 0 Å². The van der Waals surface area contributed by atoms with Crippen molar-refractivity contribution in [2.24, 2.45) is 0 Å². The van der Waals surface area contributed by atoms with Crippen molar-refractivity contribution in [3.8, 4) is 11.5 Å². The normalized spacial score (nSPS) is 13.2. The van der Waals surface area contributed by atoms with E-state index in [0.717, 1.165) is 34.2 Å². The van der Waals surface area contributed by atoms with Gasteiger partial charge < -0.3 is 10.2 Å². The standard InChI is InChI=1S/C22H18O2/c1-14-11-18(24)12-21-19(14)13-20(15-7-9-17(23)10-8-15)22(21)16-5-3-2-4-6-16/h2-12,23-24H,13H2,1H3. The summed E-state index contributed by atoms with van der Waals surface area (Å²) in [7, 11) is 0. The molecular weight excluding hydrogens is 296 g/mol. The molecule has 24 heavy (non-hydrogen) atoms. The highest BCUT2D eigenvalue weighted by atomic mass is 16.3. The Balaban J connectivity index is 1.98. The van der Waals surface area contributed by atoms with Crippen molar-refractivity contribution in [2.45, 2.75) is 13.3 Å². The molecule has 0 bridgehead atoms. The lowest BCUT2D eigenvalue weighted by atomic mass is 9.94. The van der Waals surface area contributed by atoms with E-state index in [9.17, 15) is 10.2 Å². The van der Waals surface area contributed by atoms with Crippen molar-refractivity contribution >= 4 is 11.1 Å². The first-order chi connectivity index (χ1) is 11.6. The second kappa shape index (κ2) is 5.57. The van der Waals surface area contributed by atoms with Crippen molar-refractivity contribution in [2.75, 3.05) is 0 Å². The van der Waals surface area contributed by atoms with Crippen molar-refractivity contribution < 1.29 is 10.2 Å². The number of phenolic OH excluding ortho intramolecular Hbond substituents is 2. The highest BCUT2D eigenvalue weighted by molar-refractivity contribution is 6.04. The van der Waals surface area contributed by atoms with Crippen LogP contribution >= 0.6 is 0 Å². The molecule has 0 saturated heterocycles. The highest BCUT2D eigenvalue weighted by Crippen LogP contribution is 2.44. The van der Waals surface area contributed by atoms with E-state index >= 15 is 0 Å². The molecule has 1 aliphatic carbocycles. The molecule has 3 aromatic carbocycles. The van der Waals surface area contributed by atoms with Crippen molar-refractivity contribution in [3.05, 3.63) is 94.5 Å². The number of aryl methyl sites for hydroxylation is 1. The van der Waals surface area contributed by atoms with Crippen LogP contribution in [0.25, 0.3) is 11.1 Å². The summed E-state index contributed by atoms with van der Waals surface area (Å²) in [5.74, 6) is 0.566. The molecule has 0 saturated carbocycles. The Morgan fingerprint density at radius 2 is 1.46 bits per heavy atom. The van der Waals surface area contributed by atoms with Crippen LogP contribution in [0.4, 0.5) is 0 Å². The molecule has 2 heteroatoms. The summed E-state index contributed by atoms with van der Waals surface area (Å²) in [6.45, 7) is 2.04. The number of hydrogen-bond donors (Lipinski definition) is 2. The minimum absolute atomic E-state index is 0.268. The molecule has 118 valence electrons.